The zero-order chi connectivity index (χ0) is 12.4. The standard InChI is InChI=1S/C13H21NO3/c1-9(13(16)17)12(15)14-7-6-10-4-2-3-5-11(10)8-14/h9-11H,2-8H2,1H3,(H,16,17). The lowest BCUT2D eigenvalue weighted by atomic mass is 9.75. The summed E-state index contributed by atoms with van der Waals surface area (Å²) in [6.07, 6.45) is 6.14. The van der Waals surface area contributed by atoms with E-state index in [4.69, 9.17) is 5.11 Å². The number of carboxylic acid groups (broad SMARTS) is 1. The zero-order valence-electron chi connectivity index (χ0n) is 10.4. The maximum absolute atomic E-state index is 12.0. The highest BCUT2D eigenvalue weighted by Gasteiger charge is 2.35. The molecule has 3 atom stereocenters. The van der Waals surface area contributed by atoms with E-state index in [9.17, 15) is 9.59 Å². The number of carbonyl (C=O) groups is 2. The largest absolute Gasteiger partial charge is 0.481 e. The number of carboxylic acids is 1. The molecule has 1 aliphatic heterocycles. The fourth-order valence-electron chi connectivity index (χ4n) is 3.18. The Morgan fingerprint density at radius 2 is 1.82 bits per heavy atom. The smallest absolute Gasteiger partial charge is 0.315 e. The Morgan fingerprint density at radius 1 is 1.18 bits per heavy atom. The number of nitrogens with zero attached hydrogens (tertiary/aromatic N) is 1. The second-order valence-corrected chi connectivity index (χ2v) is 5.44. The van der Waals surface area contributed by atoms with Gasteiger partial charge in [-0.2, -0.15) is 0 Å². The molecule has 4 nitrogen and oxygen atoms in total. The van der Waals surface area contributed by atoms with Gasteiger partial charge in [0.1, 0.15) is 5.92 Å². The van der Waals surface area contributed by atoms with Crippen molar-refractivity contribution in [1.29, 1.82) is 0 Å². The Bertz CT molecular complexity index is 316. The number of rotatable bonds is 2. The summed E-state index contributed by atoms with van der Waals surface area (Å²) in [7, 11) is 0. The average Bonchev–Trinajstić information content (AvgIpc) is 2.36. The van der Waals surface area contributed by atoms with Crippen LogP contribution in [0.25, 0.3) is 0 Å². The lowest BCUT2D eigenvalue weighted by molar-refractivity contribution is -0.151. The van der Waals surface area contributed by atoms with Crippen LogP contribution in [0, 0.1) is 17.8 Å². The molecule has 0 bridgehead atoms. The second-order valence-electron chi connectivity index (χ2n) is 5.44. The van der Waals surface area contributed by atoms with Crippen LogP contribution in [0.15, 0.2) is 0 Å². The second kappa shape index (κ2) is 5.07. The number of hydrogen-bond donors (Lipinski definition) is 1. The van der Waals surface area contributed by atoms with Gasteiger partial charge >= 0.3 is 5.97 Å². The molecule has 1 saturated heterocycles. The molecule has 0 spiro atoms. The van der Waals surface area contributed by atoms with Crippen molar-refractivity contribution in [2.75, 3.05) is 13.1 Å². The summed E-state index contributed by atoms with van der Waals surface area (Å²) in [5.41, 5.74) is 0. The highest BCUT2D eigenvalue weighted by atomic mass is 16.4. The van der Waals surface area contributed by atoms with Crippen molar-refractivity contribution in [3.63, 3.8) is 0 Å². The van der Waals surface area contributed by atoms with Crippen molar-refractivity contribution in [1.82, 2.24) is 4.90 Å². The van der Waals surface area contributed by atoms with Crippen molar-refractivity contribution in [2.24, 2.45) is 17.8 Å². The lowest BCUT2D eigenvalue weighted by Gasteiger charge is -2.41. The molecule has 0 radical (unpaired) electrons. The first kappa shape index (κ1) is 12.4. The van der Waals surface area contributed by atoms with Crippen molar-refractivity contribution in [3.8, 4) is 0 Å². The van der Waals surface area contributed by atoms with Crippen LogP contribution in [0.2, 0.25) is 0 Å². The number of likely N-dealkylation sites (tertiary alicyclic amines) is 1. The first-order valence-electron chi connectivity index (χ1n) is 6.61. The Kier molecular flexibility index (Phi) is 3.69. The van der Waals surface area contributed by atoms with E-state index in [1.807, 2.05) is 0 Å². The van der Waals surface area contributed by atoms with Crippen molar-refractivity contribution in [2.45, 2.75) is 39.0 Å². The first-order valence-corrected chi connectivity index (χ1v) is 6.61. The van der Waals surface area contributed by atoms with Crippen LogP contribution >= 0.6 is 0 Å². The summed E-state index contributed by atoms with van der Waals surface area (Å²) in [6.45, 7) is 3.01. The molecule has 1 saturated carbocycles. The van der Waals surface area contributed by atoms with E-state index in [1.165, 1.54) is 32.6 Å². The molecule has 0 aromatic carbocycles. The van der Waals surface area contributed by atoms with Crippen LogP contribution in [0.4, 0.5) is 0 Å². The van der Waals surface area contributed by atoms with E-state index in [0.29, 0.717) is 5.92 Å². The SMILES string of the molecule is CC(C(=O)O)C(=O)N1CCC2CCCCC2C1. The number of carbonyl (C=O) groups excluding carboxylic acids is 1. The van der Waals surface area contributed by atoms with Gasteiger partial charge < -0.3 is 10.0 Å². The van der Waals surface area contributed by atoms with Crippen LogP contribution < -0.4 is 0 Å². The molecular formula is C13H21NO3. The molecule has 1 aliphatic carbocycles. The summed E-state index contributed by atoms with van der Waals surface area (Å²) in [5, 5.41) is 8.87. The van der Waals surface area contributed by atoms with E-state index in [0.717, 1.165) is 25.4 Å². The average molecular weight is 239 g/mol. The molecule has 4 heteroatoms. The van der Waals surface area contributed by atoms with Crippen LogP contribution in [-0.2, 0) is 9.59 Å². The van der Waals surface area contributed by atoms with Gasteiger partial charge in [-0.3, -0.25) is 9.59 Å². The van der Waals surface area contributed by atoms with Crippen molar-refractivity contribution >= 4 is 11.9 Å². The van der Waals surface area contributed by atoms with Gasteiger partial charge in [-0.05, 0) is 31.6 Å². The predicted octanol–water partition coefficient (Wildman–Crippen LogP) is 1.75. The van der Waals surface area contributed by atoms with Gasteiger partial charge in [0.2, 0.25) is 5.91 Å². The van der Waals surface area contributed by atoms with Gasteiger partial charge in [-0.25, -0.2) is 0 Å². The molecule has 2 aliphatic rings. The molecule has 0 aromatic rings. The molecular weight excluding hydrogens is 218 g/mol. The maximum atomic E-state index is 12.0. The van der Waals surface area contributed by atoms with Crippen LogP contribution in [0.3, 0.4) is 0 Å². The third-order valence-electron chi connectivity index (χ3n) is 4.34. The molecule has 1 N–H and O–H groups in total. The third kappa shape index (κ3) is 2.61. The fraction of sp³-hybridized carbons (Fsp3) is 0.846. The fourth-order valence-corrected chi connectivity index (χ4v) is 3.18. The van der Waals surface area contributed by atoms with Gasteiger partial charge in [0, 0.05) is 13.1 Å². The summed E-state index contributed by atoms with van der Waals surface area (Å²) < 4.78 is 0. The summed E-state index contributed by atoms with van der Waals surface area (Å²) in [5.74, 6) is -0.729. The molecule has 0 aromatic heterocycles. The Balaban J connectivity index is 1.95. The molecule has 2 fully saturated rings. The van der Waals surface area contributed by atoms with E-state index >= 15 is 0 Å². The number of hydrogen-bond acceptors (Lipinski definition) is 2. The van der Waals surface area contributed by atoms with E-state index < -0.39 is 11.9 Å². The monoisotopic (exact) mass is 239 g/mol. The minimum atomic E-state index is -1.01. The number of fused-ring (bicyclic) bond motifs is 1. The van der Waals surface area contributed by atoms with E-state index in [1.54, 1.807) is 4.90 Å². The summed E-state index contributed by atoms with van der Waals surface area (Å²) >= 11 is 0. The van der Waals surface area contributed by atoms with Crippen LogP contribution in [0.5, 0.6) is 0 Å². The number of aliphatic carboxylic acids is 1. The molecule has 96 valence electrons. The van der Waals surface area contributed by atoms with Gasteiger partial charge in [0.15, 0.2) is 0 Å². The molecule has 2 rings (SSSR count). The molecule has 1 amide bonds. The maximum Gasteiger partial charge on any atom is 0.315 e. The van der Waals surface area contributed by atoms with Crippen molar-refractivity contribution < 1.29 is 14.7 Å². The summed E-state index contributed by atoms with van der Waals surface area (Å²) in [6, 6.07) is 0. The van der Waals surface area contributed by atoms with Gasteiger partial charge in [0.25, 0.3) is 0 Å². The van der Waals surface area contributed by atoms with Crippen molar-refractivity contribution in [3.05, 3.63) is 0 Å². The number of amides is 1. The van der Waals surface area contributed by atoms with Crippen LogP contribution in [-0.4, -0.2) is 35.0 Å². The van der Waals surface area contributed by atoms with Gasteiger partial charge in [-0.15, -0.1) is 0 Å². The van der Waals surface area contributed by atoms with Gasteiger partial charge in [0.05, 0.1) is 0 Å². The molecule has 3 unspecified atom stereocenters. The normalized spacial score (nSPS) is 30.5. The van der Waals surface area contributed by atoms with Gasteiger partial charge in [-0.1, -0.05) is 19.3 Å². The summed E-state index contributed by atoms with van der Waals surface area (Å²) in [4.78, 5) is 24.5. The van der Waals surface area contributed by atoms with E-state index in [-0.39, 0.29) is 5.91 Å². The highest BCUT2D eigenvalue weighted by molar-refractivity contribution is 5.96. The predicted molar refractivity (Wildman–Crippen MR) is 63.4 cm³/mol. The third-order valence-corrected chi connectivity index (χ3v) is 4.34. The quantitative estimate of drug-likeness (QED) is 0.747. The van der Waals surface area contributed by atoms with E-state index in [2.05, 4.69) is 0 Å². The topological polar surface area (TPSA) is 57.6 Å². The Labute approximate surface area is 102 Å². The minimum Gasteiger partial charge on any atom is -0.481 e. The Hall–Kier alpha value is -1.06. The zero-order valence-corrected chi connectivity index (χ0v) is 10.4. The molecule has 1 heterocycles. The minimum absolute atomic E-state index is 0.207. The Morgan fingerprint density at radius 3 is 2.47 bits per heavy atom. The highest BCUT2D eigenvalue weighted by Crippen LogP contribution is 2.36. The first-order chi connectivity index (χ1) is 8.09. The lowest BCUT2D eigenvalue weighted by Crippen LogP contribution is -2.47. The van der Waals surface area contributed by atoms with Crippen LogP contribution in [0.1, 0.15) is 39.0 Å². The number of piperidine rings is 1. The molecule has 17 heavy (non-hydrogen) atoms.